The second-order valence-corrected chi connectivity index (χ2v) is 10.3. The van der Waals surface area contributed by atoms with Crippen molar-refractivity contribution in [2.24, 2.45) is 0 Å². The fourth-order valence-electron chi connectivity index (χ4n) is 3.44. The van der Waals surface area contributed by atoms with E-state index in [0.29, 0.717) is 18.7 Å². The predicted octanol–water partition coefficient (Wildman–Crippen LogP) is 4.62. The molecule has 2 N–H and O–H groups in total. The summed E-state index contributed by atoms with van der Waals surface area (Å²) in [7, 11) is 2.07. The highest BCUT2D eigenvalue weighted by molar-refractivity contribution is 7.16. The minimum Gasteiger partial charge on any atom is -0.444 e. The molecule has 0 atom stereocenters. The Hall–Kier alpha value is -2.97. The van der Waals surface area contributed by atoms with Crippen molar-refractivity contribution in [3.05, 3.63) is 64.7 Å². The number of benzene rings is 2. The summed E-state index contributed by atoms with van der Waals surface area (Å²) < 4.78 is 6.28. The zero-order chi connectivity index (χ0) is 24.6. The van der Waals surface area contributed by atoms with E-state index in [1.807, 2.05) is 51.1 Å². The van der Waals surface area contributed by atoms with Gasteiger partial charge in [0.25, 0.3) is 5.91 Å². The molecule has 3 rings (SSSR count). The van der Waals surface area contributed by atoms with Crippen LogP contribution in [-0.4, -0.2) is 54.2 Å². The summed E-state index contributed by atoms with van der Waals surface area (Å²) in [6, 6.07) is 13.9. The Balaban J connectivity index is 1.31. The van der Waals surface area contributed by atoms with Gasteiger partial charge in [0.2, 0.25) is 0 Å². The third-order valence-electron chi connectivity index (χ3n) is 5.24. The van der Waals surface area contributed by atoms with E-state index in [9.17, 15) is 9.59 Å². The number of hydrogen-bond acceptors (Lipinski definition) is 6. The first kappa shape index (κ1) is 25.6. The van der Waals surface area contributed by atoms with Gasteiger partial charge >= 0.3 is 6.09 Å². The van der Waals surface area contributed by atoms with Gasteiger partial charge < -0.3 is 20.3 Å². The normalized spacial score (nSPS) is 11.6. The highest BCUT2D eigenvalue weighted by atomic mass is 32.1. The van der Waals surface area contributed by atoms with Gasteiger partial charge in [-0.15, -0.1) is 11.3 Å². The second-order valence-electron chi connectivity index (χ2n) is 9.37. The lowest BCUT2D eigenvalue weighted by Gasteiger charge is -2.19. The zero-order valence-electron chi connectivity index (χ0n) is 20.4. The number of hydrogen-bond donors (Lipinski definition) is 2. The minimum absolute atomic E-state index is 0.0510. The Labute approximate surface area is 205 Å². The molecule has 34 heavy (non-hydrogen) atoms. The van der Waals surface area contributed by atoms with Crippen LogP contribution in [0.3, 0.4) is 0 Å². The van der Waals surface area contributed by atoms with Crippen LogP contribution in [0.5, 0.6) is 0 Å². The van der Waals surface area contributed by atoms with E-state index in [2.05, 4.69) is 39.7 Å². The van der Waals surface area contributed by atoms with Crippen molar-refractivity contribution in [2.45, 2.75) is 45.8 Å². The van der Waals surface area contributed by atoms with E-state index >= 15 is 0 Å². The lowest BCUT2D eigenvalue weighted by molar-refractivity contribution is 0.0523. The summed E-state index contributed by atoms with van der Waals surface area (Å²) >= 11 is 1.54. The SMILES string of the molecule is CN(CCCc1ccc(CNC(=O)OC(C)(C)C)cc1)CCNC(=O)c1ccc2ncsc2c1. The lowest BCUT2D eigenvalue weighted by atomic mass is 10.1. The second kappa shape index (κ2) is 11.9. The molecule has 0 bridgehead atoms. The zero-order valence-corrected chi connectivity index (χ0v) is 21.2. The van der Waals surface area contributed by atoms with Crippen LogP contribution < -0.4 is 10.6 Å². The summed E-state index contributed by atoms with van der Waals surface area (Å²) in [4.78, 5) is 30.6. The van der Waals surface area contributed by atoms with Crippen LogP contribution in [0, 0.1) is 0 Å². The molecule has 0 aliphatic rings. The number of amides is 2. The minimum atomic E-state index is -0.496. The third kappa shape index (κ3) is 8.43. The molecule has 0 unspecified atom stereocenters. The van der Waals surface area contributed by atoms with Crippen molar-refractivity contribution in [2.75, 3.05) is 26.7 Å². The van der Waals surface area contributed by atoms with Crippen LogP contribution in [0.1, 0.15) is 48.7 Å². The van der Waals surface area contributed by atoms with Gasteiger partial charge in [-0.1, -0.05) is 24.3 Å². The number of aryl methyl sites for hydroxylation is 1. The van der Waals surface area contributed by atoms with Crippen LogP contribution in [0.15, 0.2) is 48.0 Å². The summed E-state index contributed by atoms with van der Waals surface area (Å²) in [5, 5.41) is 5.78. The Morgan fingerprint density at radius 3 is 2.50 bits per heavy atom. The van der Waals surface area contributed by atoms with E-state index in [0.717, 1.165) is 41.7 Å². The first-order valence-corrected chi connectivity index (χ1v) is 12.4. The highest BCUT2D eigenvalue weighted by Crippen LogP contribution is 2.19. The molecule has 0 fully saturated rings. The fraction of sp³-hybridized carbons (Fsp3) is 0.423. The molecule has 0 saturated carbocycles. The fourth-order valence-corrected chi connectivity index (χ4v) is 4.15. The molecule has 0 aliphatic carbocycles. The Morgan fingerprint density at radius 1 is 1.03 bits per heavy atom. The van der Waals surface area contributed by atoms with Gasteiger partial charge in [0.1, 0.15) is 5.60 Å². The number of alkyl carbamates (subject to hydrolysis) is 1. The number of carbonyl (C=O) groups is 2. The molecule has 0 spiro atoms. The number of thiazole rings is 1. The summed E-state index contributed by atoms with van der Waals surface area (Å²) in [6.45, 7) is 8.34. The number of carbonyl (C=O) groups excluding carboxylic acids is 2. The monoisotopic (exact) mass is 482 g/mol. The average Bonchev–Trinajstić information content (AvgIpc) is 3.25. The summed E-state index contributed by atoms with van der Waals surface area (Å²) in [6.07, 6.45) is 1.60. The maximum atomic E-state index is 12.4. The van der Waals surface area contributed by atoms with Gasteiger partial charge in [-0.25, -0.2) is 9.78 Å². The smallest absolute Gasteiger partial charge is 0.407 e. The number of likely N-dealkylation sites (N-methyl/N-ethyl adjacent to an activating group) is 1. The molecular formula is C26H34N4O3S. The molecular weight excluding hydrogens is 448 g/mol. The predicted molar refractivity (Wildman–Crippen MR) is 137 cm³/mol. The molecule has 1 heterocycles. The summed E-state index contributed by atoms with van der Waals surface area (Å²) in [5.74, 6) is -0.0510. The molecule has 7 nitrogen and oxygen atoms in total. The molecule has 0 saturated heterocycles. The van der Waals surface area contributed by atoms with Gasteiger partial charge in [-0.3, -0.25) is 4.79 Å². The maximum Gasteiger partial charge on any atom is 0.407 e. The number of nitrogens with one attached hydrogen (secondary N) is 2. The van der Waals surface area contributed by atoms with Crippen molar-refractivity contribution >= 4 is 33.6 Å². The number of nitrogens with zero attached hydrogens (tertiary/aromatic N) is 2. The molecule has 2 amide bonds. The van der Waals surface area contributed by atoms with E-state index in [4.69, 9.17) is 4.74 Å². The topological polar surface area (TPSA) is 83.6 Å². The van der Waals surface area contributed by atoms with Gasteiger partial charge in [-0.2, -0.15) is 0 Å². The highest BCUT2D eigenvalue weighted by Gasteiger charge is 2.15. The van der Waals surface area contributed by atoms with Crippen LogP contribution >= 0.6 is 11.3 Å². The van der Waals surface area contributed by atoms with Crippen LogP contribution in [0.4, 0.5) is 4.79 Å². The van der Waals surface area contributed by atoms with Crippen molar-refractivity contribution in [3.8, 4) is 0 Å². The van der Waals surface area contributed by atoms with E-state index < -0.39 is 11.7 Å². The first-order valence-electron chi connectivity index (χ1n) is 11.5. The Morgan fingerprint density at radius 2 is 1.76 bits per heavy atom. The number of aromatic nitrogens is 1. The van der Waals surface area contributed by atoms with Crippen molar-refractivity contribution < 1.29 is 14.3 Å². The first-order chi connectivity index (χ1) is 16.2. The molecule has 0 radical (unpaired) electrons. The van der Waals surface area contributed by atoms with Crippen LogP contribution in [0.2, 0.25) is 0 Å². The Kier molecular flexibility index (Phi) is 9.01. The van der Waals surface area contributed by atoms with Crippen molar-refractivity contribution in [1.82, 2.24) is 20.5 Å². The maximum absolute atomic E-state index is 12.4. The molecule has 8 heteroatoms. The molecule has 3 aromatic rings. The third-order valence-corrected chi connectivity index (χ3v) is 6.03. The Bertz CT molecular complexity index is 1090. The molecule has 1 aromatic heterocycles. The molecule has 182 valence electrons. The summed E-state index contributed by atoms with van der Waals surface area (Å²) in [5.41, 5.74) is 5.19. The molecule has 2 aromatic carbocycles. The van der Waals surface area contributed by atoms with Gasteiger partial charge in [-0.05, 0) is 76.5 Å². The number of ether oxygens (including phenoxy) is 1. The van der Waals surface area contributed by atoms with Gasteiger partial charge in [0.15, 0.2) is 0 Å². The number of rotatable bonds is 10. The van der Waals surface area contributed by atoms with Crippen molar-refractivity contribution in [1.29, 1.82) is 0 Å². The lowest BCUT2D eigenvalue weighted by Crippen LogP contribution is -2.33. The quantitative estimate of drug-likeness (QED) is 0.441. The van der Waals surface area contributed by atoms with E-state index in [1.165, 1.54) is 16.9 Å². The van der Waals surface area contributed by atoms with E-state index in [-0.39, 0.29) is 5.91 Å². The van der Waals surface area contributed by atoms with Crippen LogP contribution in [0.25, 0.3) is 10.2 Å². The molecule has 0 aliphatic heterocycles. The standard InChI is InChI=1S/C26H34N4O3S/c1-26(2,3)33-25(32)28-17-20-9-7-19(8-10-20)6-5-14-30(4)15-13-27-24(31)21-11-12-22-23(16-21)34-18-29-22/h7-12,16,18H,5-6,13-15,17H2,1-4H3,(H,27,31)(H,28,32). The van der Waals surface area contributed by atoms with Gasteiger partial charge in [0.05, 0.1) is 15.7 Å². The van der Waals surface area contributed by atoms with Crippen molar-refractivity contribution in [3.63, 3.8) is 0 Å². The van der Waals surface area contributed by atoms with E-state index in [1.54, 1.807) is 5.51 Å². The average molecular weight is 483 g/mol. The largest absolute Gasteiger partial charge is 0.444 e. The van der Waals surface area contributed by atoms with Gasteiger partial charge in [0, 0.05) is 25.2 Å². The van der Waals surface area contributed by atoms with Crippen LogP contribution in [-0.2, 0) is 17.7 Å². The number of fused-ring (bicyclic) bond motifs is 1.